The van der Waals surface area contributed by atoms with Crippen LogP contribution in [0.2, 0.25) is 0 Å². The Balaban J connectivity index is 0.00000364. The highest BCUT2D eigenvalue weighted by Gasteiger charge is 2.30. The first-order valence-corrected chi connectivity index (χ1v) is 8.66. The van der Waals surface area contributed by atoms with Crippen molar-refractivity contribution in [1.29, 1.82) is 0 Å². The van der Waals surface area contributed by atoms with Gasteiger partial charge < -0.3 is 10.2 Å². The van der Waals surface area contributed by atoms with Crippen LogP contribution in [0.1, 0.15) is 21.8 Å². The normalized spacial score (nSPS) is 11.3. The van der Waals surface area contributed by atoms with Crippen LogP contribution in [0.25, 0.3) is 0 Å². The Morgan fingerprint density at radius 2 is 2.11 bits per heavy atom. The second kappa shape index (κ2) is 10.5. The summed E-state index contributed by atoms with van der Waals surface area (Å²) in [5, 5.41) is 6.06. The molecule has 0 aliphatic heterocycles. The van der Waals surface area contributed by atoms with Crippen molar-refractivity contribution < 1.29 is 13.2 Å². The quantitative estimate of drug-likeness (QED) is 0.293. The van der Waals surface area contributed by atoms with Gasteiger partial charge >= 0.3 is 6.18 Å². The fourth-order valence-electron chi connectivity index (χ4n) is 2.23. The zero-order chi connectivity index (χ0) is 19.2. The summed E-state index contributed by atoms with van der Waals surface area (Å²) >= 11 is 1.59. The smallest absolute Gasteiger partial charge is 0.345 e. The first-order chi connectivity index (χ1) is 12.3. The number of thiazole rings is 1. The van der Waals surface area contributed by atoms with E-state index < -0.39 is 11.7 Å². The van der Waals surface area contributed by atoms with Crippen molar-refractivity contribution in [3.63, 3.8) is 0 Å². The molecule has 1 heterocycles. The Bertz CT molecular complexity index is 837. The number of nitrogens with zero attached hydrogens (tertiary/aromatic N) is 3. The fraction of sp³-hybridized carbons (Fsp3) is 0.333. The molecular weight excluding hydrogens is 488 g/mol. The number of hydrogen-bond donors (Lipinski definition) is 1. The van der Waals surface area contributed by atoms with Crippen LogP contribution >= 0.6 is 35.3 Å². The first kappa shape index (κ1) is 23.2. The van der Waals surface area contributed by atoms with Crippen LogP contribution in [0.3, 0.4) is 0 Å². The molecule has 2 rings (SSSR count). The predicted octanol–water partition coefficient (Wildman–Crippen LogP) is 4.15. The van der Waals surface area contributed by atoms with Crippen LogP contribution in [0.4, 0.5) is 13.2 Å². The van der Waals surface area contributed by atoms with Gasteiger partial charge in [-0.15, -0.1) is 35.3 Å². The molecule has 9 heteroatoms. The molecule has 0 spiro atoms. The van der Waals surface area contributed by atoms with Crippen molar-refractivity contribution in [3.05, 3.63) is 51.5 Å². The molecule has 0 saturated heterocycles. The van der Waals surface area contributed by atoms with Gasteiger partial charge in [-0.1, -0.05) is 17.9 Å². The molecule has 2 aromatic rings. The lowest BCUT2D eigenvalue weighted by atomic mass is 10.1. The second-order valence-electron chi connectivity index (χ2n) is 5.50. The van der Waals surface area contributed by atoms with Crippen molar-refractivity contribution in [2.75, 3.05) is 20.6 Å². The maximum absolute atomic E-state index is 12.7. The maximum Gasteiger partial charge on any atom is 0.416 e. The summed E-state index contributed by atoms with van der Waals surface area (Å²) in [6.07, 6.45) is -4.37. The van der Waals surface area contributed by atoms with E-state index in [1.54, 1.807) is 24.5 Å². The lowest BCUT2D eigenvalue weighted by Crippen LogP contribution is -2.38. The molecule has 4 nitrogen and oxygen atoms in total. The third-order valence-electron chi connectivity index (χ3n) is 3.40. The molecule has 0 aliphatic carbocycles. The summed E-state index contributed by atoms with van der Waals surface area (Å²) in [5.74, 6) is 6.18. The highest BCUT2D eigenvalue weighted by molar-refractivity contribution is 14.0. The lowest BCUT2D eigenvalue weighted by Gasteiger charge is -2.20. The average molecular weight is 508 g/mol. The Morgan fingerprint density at radius 3 is 2.70 bits per heavy atom. The minimum atomic E-state index is -4.37. The topological polar surface area (TPSA) is 40.5 Å². The van der Waals surface area contributed by atoms with E-state index in [1.165, 1.54) is 6.07 Å². The largest absolute Gasteiger partial charge is 0.416 e. The summed E-state index contributed by atoms with van der Waals surface area (Å²) in [6.45, 7) is 2.82. The number of hydrogen-bond acceptors (Lipinski definition) is 3. The highest BCUT2D eigenvalue weighted by atomic mass is 127. The van der Waals surface area contributed by atoms with Crippen molar-refractivity contribution in [2.45, 2.75) is 19.6 Å². The molecule has 1 aromatic carbocycles. The maximum atomic E-state index is 12.7. The average Bonchev–Trinajstić information content (AvgIpc) is 2.99. The first-order valence-electron chi connectivity index (χ1n) is 7.78. The van der Waals surface area contributed by atoms with Gasteiger partial charge in [0.15, 0.2) is 5.96 Å². The number of aryl methyl sites for hydroxylation is 1. The summed E-state index contributed by atoms with van der Waals surface area (Å²) < 4.78 is 38.1. The zero-order valence-corrected chi connectivity index (χ0v) is 18.2. The molecule has 0 saturated carbocycles. The van der Waals surface area contributed by atoms with Crippen molar-refractivity contribution in [2.24, 2.45) is 4.99 Å². The Morgan fingerprint density at radius 1 is 1.37 bits per heavy atom. The van der Waals surface area contributed by atoms with Crippen molar-refractivity contribution in [3.8, 4) is 11.8 Å². The van der Waals surface area contributed by atoms with E-state index in [4.69, 9.17) is 0 Å². The molecule has 0 amide bonds. The fourth-order valence-corrected chi connectivity index (χ4v) is 2.83. The van der Waals surface area contributed by atoms with Gasteiger partial charge in [-0.05, 0) is 25.1 Å². The monoisotopic (exact) mass is 508 g/mol. The van der Waals surface area contributed by atoms with E-state index >= 15 is 0 Å². The van der Waals surface area contributed by atoms with Crippen LogP contribution in [0.15, 0.2) is 34.6 Å². The summed E-state index contributed by atoms with van der Waals surface area (Å²) in [6, 6.07) is 4.97. The van der Waals surface area contributed by atoms with Gasteiger partial charge in [0, 0.05) is 25.0 Å². The van der Waals surface area contributed by atoms with Crippen LogP contribution in [0.5, 0.6) is 0 Å². The third kappa shape index (κ3) is 7.38. The van der Waals surface area contributed by atoms with Gasteiger partial charge in [0.05, 0.1) is 29.4 Å². The van der Waals surface area contributed by atoms with Crippen LogP contribution in [0, 0.1) is 18.8 Å². The van der Waals surface area contributed by atoms with Gasteiger partial charge in [-0.2, -0.15) is 13.2 Å². The number of halogens is 4. The van der Waals surface area contributed by atoms with Gasteiger partial charge in [0.25, 0.3) is 0 Å². The molecule has 0 unspecified atom stereocenters. The molecule has 0 aliphatic rings. The Labute approximate surface area is 177 Å². The Hall–Kier alpha value is -1.80. The van der Waals surface area contributed by atoms with Crippen molar-refractivity contribution >= 4 is 41.3 Å². The molecule has 27 heavy (non-hydrogen) atoms. The van der Waals surface area contributed by atoms with Gasteiger partial charge in [0.1, 0.15) is 0 Å². The van der Waals surface area contributed by atoms with E-state index in [0.717, 1.165) is 22.8 Å². The molecule has 146 valence electrons. The minimum Gasteiger partial charge on any atom is -0.345 e. The number of benzene rings is 1. The minimum absolute atomic E-state index is 0. The molecule has 0 radical (unpaired) electrons. The molecule has 0 atom stereocenters. The number of aliphatic imine (C=N–C) groups is 1. The predicted molar refractivity (Wildman–Crippen MR) is 113 cm³/mol. The number of nitrogens with one attached hydrogen (secondary N) is 1. The van der Waals surface area contributed by atoms with E-state index in [2.05, 4.69) is 27.1 Å². The van der Waals surface area contributed by atoms with Crippen LogP contribution in [-0.2, 0) is 12.7 Å². The molecule has 1 aromatic heterocycles. The standard InChI is InChI=1S/C18H19F3N4S.HI/c1-13-24-16(12-26-13)11-25(3)17(22-2)23-9-5-7-14-6-4-8-15(10-14)18(19,20)21;/h4,6,8,10,12H,9,11H2,1-3H3,(H,22,23);1H. The van der Waals surface area contributed by atoms with E-state index in [-0.39, 0.29) is 30.5 Å². The number of aromatic nitrogens is 1. The molecule has 1 N–H and O–H groups in total. The number of rotatable bonds is 3. The lowest BCUT2D eigenvalue weighted by molar-refractivity contribution is -0.137. The molecular formula is C18H20F3IN4S. The summed E-state index contributed by atoms with van der Waals surface area (Å²) in [7, 11) is 3.54. The third-order valence-corrected chi connectivity index (χ3v) is 4.22. The number of alkyl halides is 3. The van der Waals surface area contributed by atoms with Gasteiger partial charge in [-0.25, -0.2) is 4.98 Å². The van der Waals surface area contributed by atoms with Gasteiger partial charge in [0.2, 0.25) is 0 Å². The summed E-state index contributed by atoms with van der Waals surface area (Å²) in [5.41, 5.74) is 0.572. The SMILES string of the molecule is CN=C(NCC#Cc1cccc(C(F)(F)F)c1)N(C)Cc1csc(C)n1.I. The van der Waals surface area contributed by atoms with E-state index in [0.29, 0.717) is 18.1 Å². The second-order valence-corrected chi connectivity index (χ2v) is 6.56. The van der Waals surface area contributed by atoms with Crippen LogP contribution < -0.4 is 5.32 Å². The molecule has 0 bridgehead atoms. The van der Waals surface area contributed by atoms with Crippen molar-refractivity contribution in [1.82, 2.24) is 15.2 Å². The highest BCUT2D eigenvalue weighted by Crippen LogP contribution is 2.29. The van der Waals surface area contributed by atoms with Crippen LogP contribution in [-0.4, -0.2) is 36.5 Å². The van der Waals surface area contributed by atoms with Gasteiger partial charge in [-0.3, -0.25) is 4.99 Å². The zero-order valence-electron chi connectivity index (χ0n) is 15.1. The molecule has 0 fully saturated rings. The summed E-state index contributed by atoms with van der Waals surface area (Å²) in [4.78, 5) is 10.5. The number of guanidine groups is 1. The Kier molecular flexibility index (Phi) is 9.05. The van der Waals surface area contributed by atoms with E-state index in [9.17, 15) is 13.2 Å². The van der Waals surface area contributed by atoms with E-state index in [1.807, 2.05) is 24.3 Å².